The number of aryl methyl sites for hydroxylation is 1. The van der Waals surface area contributed by atoms with Crippen molar-refractivity contribution in [3.8, 4) is 39.1 Å². The van der Waals surface area contributed by atoms with E-state index >= 15 is 0 Å². The molecule has 0 radical (unpaired) electrons. The highest BCUT2D eigenvalue weighted by Gasteiger charge is 2.29. The van der Waals surface area contributed by atoms with Crippen LogP contribution < -0.4 is 5.32 Å². The number of fused-ring (bicyclic) bond motifs is 2. The maximum Gasteiger partial charge on any atom is 0.0550 e. The van der Waals surface area contributed by atoms with Crippen molar-refractivity contribution < 1.29 is 0 Å². The number of para-hydroxylation sites is 1. The van der Waals surface area contributed by atoms with Gasteiger partial charge in [-0.1, -0.05) is 158 Å². The minimum absolute atomic E-state index is 0.142. The van der Waals surface area contributed by atoms with Crippen LogP contribution in [0.1, 0.15) is 53.4 Å². The molecule has 0 bridgehead atoms. The number of allylic oxidation sites excluding steroid dienone is 2. The van der Waals surface area contributed by atoms with Gasteiger partial charge >= 0.3 is 0 Å². The first kappa shape index (κ1) is 38.1. The summed E-state index contributed by atoms with van der Waals surface area (Å²) in [5.74, 6) is 0. The topological polar surface area (TPSA) is 17.0 Å². The zero-order valence-corrected chi connectivity index (χ0v) is 33.8. The van der Waals surface area contributed by atoms with Gasteiger partial charge in [0.1, 0.15) is 0 Å². The Morgan fingerprint density at radius 3 is 1.95 bits per heavy atom. The fourth-order valence-corrected chi connectivity index (χ4v) is 8.60. The van der Waals surface area contributed by atoms with Crippen LogP contribution in [0.25, 0.3) is 61.6 Å². The second-order valence-corrected chi connectivity index (χ2v) is 15.0. The molecule has 0 amide bonds. The predicted octanol–water partition coefficient (Wildman–Crippen LogP) is 14.6. The van der Waals surface area contributed by atoms with Gasteiger partial charge in [-0.05, 0) is 130 Å². The number of hydrogen-bond acceptors (Lipinski definition) is 1. The van der Waals surface area contributed by atoms with E-state index in [-0.39, 0.29) is 6.04 Å². The lowest BCUT2D eigenvalue weighted by Gasteiger charge is -2.19. The van der Waals surface area contributed by atoms with E-state index in [0.29, 0.717) is 0 Å². The highest BCUT2D eigenvalue weighted by molar-refractivity contribution is 5.90. The van der Waals surface area contributed by atoms with E-state index in [4.69, 9.17) is 0 Å². The quantitative estimate of drug-likeness (QED) is 0.145. The van der Waals surface area contributed by atoms with E-state index < -0.39 is 0 Å². The van der Waals surface area contributed by atoms with Gasteiger partial charge in [-0.15, -0.1) is 13.2 Å². The number of nitrogens with one attached hydrogen (secondary N) is 1. The summed E-state index contributed by atoms with van der Waals surface area (Å²) >= 11 is 0. The van der Waals surface area contributed by atoms with Crippen LogP contribution in [0.2, 0.25) is 0 Å². The monoisotopic (exact) mass is 750 g/mol. The fraction of sp³-hybridized carbons (Fsp3) is 0.107. The molecule has 1 unspecified atom stereocenters. The van der Waals surface area contributed by atoms with Gasteiger partial charge in [-0.25, -0.2) is 0 Å². The summed E-state index contributed by atoms with van der Waals surface area (Å²) in [5.41, 5.74) is 20.4. The molecule has 0 fully saturated rings. The number of aromatic nitrogens is 1. The van der Waals surface area contributed by atoms with E-state index in [9.17, 15) is 0 Å². The lowest BCUT2D eigenvalue weighted by atomic mass is 9.94. The van der Waals surface area contributed by atoms with Gasteiger partial charge in [0.25, 0.3) is 0 Å². The molecular weight excluding hydrogens is 701 g/mol. The minimum atomic E-state index is 0.142. The van der Waals surface area contributed by atoms with Crippen molar-refractivity contribution >= 4 is 22.6 Å². The Morgan fingerprint density at radius 1 is 0.638 bits per heavy atom. The summed E-state index contributed by atoms with van der Waals surface area (Å²) in [6.07, 6.45) is 5.27. The molecule has 1 aromatic heterocycles. The third-order valence-corrected chi connectivity index (χ3v) is 11.6. The highest BCUT2D eigenvalue weighted by atomic mass is 15.0. The van der Waals surface area contributed by atoms with Crippen LogP contribution in [-0.2, 0) is 13.0 Å². The summed E-state index contributed by atoms with van der Waals surface area (Å²) in [6.45, 7) is 13.4. The second-order valence-electron chi connectivity index (χ2n) is 15.0. The largest absolute Gasteiger partial charge is 0.310 e. The van der Waals surface area contributed by atoms with E-state index in [0.717, 1.165) is 13.0 Å². The lowest BCUT2D eigenvalue weighted by molar-refractivity contribution is 0.608. The molecule has 8 aromatic rings. The first-order valence-electron chi connectivity index (χ1n) is 20.3. The van der Waals surface area contributed by atoms with Gasteiger partial charge in [0.2, 0.25) is 0 Å². The average Bonchev–Trinajstić information content (AvgIpc) is 3.80. The van der Waals surface area contributed by atoms with Gasteiger partial charge < -0.3 is 9.88 Å². The highest BCUT2D eigenvalue weighted by Crippen LogP contribution is 2.42. The van der Waals surface area contributed by atoms with Crippen LogP contribution in [0.4, 0.5) is 0 Å². The first-order valence-corrected chi connectivity index (χ1v) is 20.3. The van der Waals surface area contributed by atoms with Crippen molar-refractivity contribution in [3.63, 3.8) is 0 Å². The minimum Gasteiger partial charge on any atom is -0.310 e. The molecule has 2 heteroatoms. The summed E-state index contributed by atoms with van der Waals surface area (Å²) in [5, 5.41) is 5.25. The van der Waals surface area contributed by atoms with Gasteiger partial charge in [-0.2, -0.15) is 0 Å². The third kappa shape index (κ3) is 7.55. The van der Waals surface area contributed by atoms with Crippen LogP contribution in [-0.4, -0.2) is 4.57 Å². The molecule has 1 N–H and O–H groups in total. The van der Waals surface area contributed by atoms with Crippen molar-refractivity contribution in [3.05, 3.63) is 234 Å². The molecule has 0 saturated heterocycles. The molecule has 0 saturated carbocycles. The SMILES string of the molecule is C/C=C\c1c(C)c2ccccc2n1-c1cccc(-c2cccc(-c3ccc4c(c3)C/C(=C(/C)c3ccc(-c5ccccc5)cc3)C4NCc3ccccc3)c2)c1.C=C. The molecule has 0 spiro atoms. The summed E-state index contributed by atoms with van der Waals surface area (Å²) < 4.78 is 2.39. The predicted molar refractivity (Wildman–Crippen MR) is 249 cm³/mol. The number of rotatable bonds is 9. The second kappa shape index (κ2) is 17.2. The molecule has 284 valence electrons. The zero-order valence-electron chi connectivity index (χ0n) is 33.8. The smallest absolute Gasteiger partial charge is 0.0550 e. The summed E-state index contributed by atoms with van der Waals surface area (Å²) in [7, 11) is 0. The van der Waals surface area contributed by atoms with Crippen molar-refractivity contribution in [2.75, 3.05) is 0 Å². The Bertz CT molecular complexity index is 2750. The van der Waals surface area contributed by atoms with Gasteiger partial charge in [0.05, 0.1) is 11.6 Å². The molecule has 7 aromatic carbocycles. The number of hydrogen-bond donors (Lipinski definition) is 1. The first-order chi connectivity index (χ1) is 28.6. The Morgan fingerprint density at radius 2 is 1.22 bits per heavy atom. The van der Waals surface area contributed by atoms with Gasteiger partial charge in [0, 0.05) is 23.3 Å². The van der Waals surface area contributed by atoms with E-state index in [1.165, 1.54) is 94.6 Å². The van der Waals surface area contributed by atoms with E-state index in [1.54, 1.807) is 0 Å². The Hall–Kier alpha value is -6.74. The fourth-order valence-electron chi connectivity index (χ4n) is 8.60. The molecule has 1 heterocycles. The molecule has 9 rings (SSSR count). The van der Waals surface area contributed by atoms with Crippen LogP contribution in [0.3, 0.4) is 0 Å². The maximum absolute atomic E-state index is 3.96. The van der Waals surface area contributed by atoms with Crippen LogP contribution in [0.15, 0.2) is 201 Å². The normalized spacial score (nSPS) is 14.3. The molecule has 58 heavy (non-hydrogen) atoms. The molecular formula is C56H50N2. The number of benzene rings is 7. The van der Waals surface area contributed by atoms with Gasteiger partial charge in [-0.3, -0.25) is 0 Å². The maximum atomic E-state index is 3.96. The lowest BCUT2D eigenvalue weighted by Crippen LogP contribution is -2.21. The van der Waals surface area contributed by atoms with Crippen molar-refractivity contribution in [2.45, 2.75) is 39.8 Å². The average molecular weight is 751 g/mol. The van der Waals surface area contributed by atoms with Crippen LogP contribution in [0.5, 0.6) is 0 Å². The van der Waals surface area contributed by atoms with Crippen molar-refractivity contribution in [2.24, 2.45) is 0 Å². The van der Waals surface area contributed by atoms with Crippen molar-refractivity contribution in [1.29, 1.82) is 0 Å². The molecule has 1 aliphatic rings. The zero-order chi connectivity index (χ0) is 40.0. The Kier molecular flexibility index (Phi) is 11.3. The van der Waals surface area contributed by atoms with E-state index in [1.807, 2.05) is 0 Å². The summed E-state index contributed by atoms with van der Waals surface area (Å²) in [6, 6.07) is 64.4. The molecule has 2 nitrogen and oxygen atoms in total. The van der Waals surface area contributed by atoms with Crippen molar-refractivity contribution in [1.82, 2.24) is 9.88 Å². The molecule has 1 atom stereocenters. The van der Waals surface area contributed by atoms with Gasteiger partial charge in [0.15, 0.2) is 0 Å². The third-order valence-electron chi connectivity index (χ3n) is 11.6. The standard InChI is InChI=1S/C54H46N2.C2H4/c1-4-15-52-38(3)49-24-11-12-25-53(49)56(52)48-23-14-22-45(34-48)43-20-13-21-44(32-43)46-30-31-50-47(33-46)35-51(54(50)55-36-39-16-7-5-8-17-39)37(2)40-26-28-42(29-27-40)41-18-9-6-10-19-41;1-2/h4-34,54-55H,35-36H2,1-3H3;1-2H2/b15-4-,51-37+;. The molecule has 0 aliphatic heterocycles. The molecule has 1 aliphatic carbocycles. The van der Waals surface area contributed by atoms with E-state index in [2.05, 4.69) is 232 Å². The van der Waals surface area contributed by atoms with Crippen LogP contribution in [0, 0.1) is 6.92 Å². The van der Waals surface area contributed by atoms with Crippen LogP contribution >= 0.6 is 0 Å². The summed E-state index contributed by atoms with van der Waals surface area (Å²) in [4.78, 5) is 0. The number of nitrogens with zero attached hydrogens (tertiary/aromatic N) is 1. The Balaban J connectivity index is 0.00000231. The Labute approximate surface area is 344 Å².